The second-order valence-corrected chi connectivity index (χ2v) is 4.76. The summed E-state index contributed by atoms with van der Waals surface area (Å²) in [4.78, 5) is 24.3. The van der Waals surface area contributed by atoms with Crippen molar-refractivity contribution in [2.45, 2.75) is 20.3 Å². The maximum absolute atomic E-state index is 11.4. The Bertz CT molecular complexity index is 462. The highest BCUT2D eigenvalue weighted by Crippen LogP contribution is 2.17. The van der Waals surface area contributed by atoms with Crippen LogP contribution in [0, 0.1) is 6.92 Å². The molecule has 1 aromatic rings. The molecule has 1 aliphatic rings. The van der Waals surface area contributed by atoms with E-state index in [0.717, 1.165) is 50.1 Å². The lowest BCUT2D eigenvalue weighted by molar-refractivity contribution is -0.128. The number of hydrogen-bond acceptors (Lipinski definition) is 5. The van der Waals surface area contributed by atoms with Gasteiger partial charge in [0.15, 0.2) is 0 Å². The van der Waals surface area contributed by atoms with Crippen molar-refractivity contribution < 1.29 is 4.79 Å². The Balaban J connectivity index is 2.13. The summed E-state index contributed by atoms with van der Waals surface area (Å²) in [5.74, 6) is 2.67. The van der Waals surface area contributed by atoms with Crippen LogP contribution in [0.2, 0.25) is 0 Å². The topological polar surface area (TPSA) is 61.4 Å². The molecule has 1 fully saturated rings. The maximum Gasteiger partial charge on any atom is 0.219 e. The van der Waals surface area contributed by atoms with Gasteiger partial charge in [0, 0.05) is 46.2 Å². The third-order valence-electron chi connectivity index (χ3n) is 3.35. The molecule has 0 spiro atoms. The summed E-state index contributed by atoms with van der Waals surface area (Å²) in [6.45, 7) is 6.85. The molecule has 6 heteroatoms. The molecule has 1 aliphatic heterocycles. The van der Waals surface area contributed by atoms with Crippen LogP contribution in [0.15, 0.2) is 6.07 Å². The Morgan fingerprint density at radius 3 is 2.74 bits per heavy atom. The largest absolute Gasteiger partial charge is 0.373 e. The first-order chi connectivity index (χ1) is 9.10. The zero-order valence-corrected chi connectivity index (χ0v) is 11.8. The van der Waals surface area contributed by atoms with Crippen LogP contribution in [0.4, 0.5) is 11.6 Å². The molecule has 0 radical (unpaired) electrons. The van der Waals surface area contributed by atoms with Crippen molar-refractivity contribution in [3.63, 3.8) is 0 Å². The number of anilines is 2. The van der Waals surface area contributed by atoms with Gasteiger partial charge < -0.3 is 15.1 Å². The van der Waals surface area contributed by atoms with Crippen LogP contribution in [0.1, 0.15) is 19.2 Å². The third-order valence-corrected chi connectivity index (χ3v) is 3.35. The highest BCUT2D eigenvalue weighted by atomic mass is 16.2. The first-order valence-electron chi connectivity index (χ1n) is 6.64. The van der Waals surface area contributed by atoms with Gasteiger partial charge in [-0.1, -0.05) is 0 Å². The fourth-order valence-corrected chi connectivity index (χ4v) is 2.30. The van der Waals surface area contributed by atoms with E-state index in [9.17, 15) is 4.79 Å². The van der Waals surface area contributed by atoms with Crippen molar-refractivity contribution in [2.24, 2.45) is 0 Å². The van der Waals surface area contributed by atoms with Crippen molar-refractivity contribution in [3.05, 3.63) is 11.9 Å². The molecule has 0 bridgehead atoms. The minimum atomic E-state index is 0.150. The summed E-state index contributed by atoms with van der Waals surface area (Å²) >= 11 is 0. The molecular formula is C13H21N5O. The van der Waals surface area contributed by atoms with Crippen LogP contribution < -0.4 is 10.2 Å². The van der Waals surface area contributed by atoms with Gasteiger partial charge in [-0.25, -0.2) is 9.97 Å². The van der Waals surface area contributed by atoms with E-state index < -0.39 is 0 Å². The van der Waals surface area contributed by atoms with Gasteiger partial charge in [-0.05, 0) is 13.3 Å². The first kappa shape index (κ1) is 13.6. The lowest BCUT2D eigenvalue weighted by Gasteiger charge is -2.22. The second-order valence-electron chi connectivity index (χ2n) is 4.76. The van der Waals surface area contributed by atoms with Crippen molar-refractivity contribution >= 4 is 17.5 Å². The minimum absolute atomic E-state index is 0.150. The molecule has 0 aliphatic carbocycles. The van der Waals surface area contributed by atoms with Gasteiger partial charge in [0.25, 0.3) is 0 Å². The van der Waals surface area contributed by atoms with E-state index in [1.165, 1.54) is 0 Å². The molecular weight excluding hydrogens is 242 g/mol. The van der Waals surface area contributed by atoms with Gasteiger partial charge in [-0.2, -0.15) is 0 Å². The van der Waals surface area contributed by atoms with Crippen molar-refractivity contribution in [2.75, 3.05) is 43.4 Å². The Morgan fingerprint density at radius 1 is 1.26 bits per heavy atom. The minimum Gasteiger partial charge on any atom is -0.373 e. The average Bonchev–Trinajstić information content (AvgIpc) is 2.63. The molecule has 2 rings (SSSR count). The predicted octanol–water partition coefficient (Wildman–Crippen LogP) is 0.885. The molecule has 0 aromatic carbocycles. The molecule has 0 atom stereocenters. The van der Waals surface area contributed by atoms with E-state index in [4.69, 9.17) is 0 Å². The Morgan fingerprint density at radius 2 is 2.05 bits per heavy atom. The molecule has 0 saturated carbocycles. The highest BCUT2D eigenvalue weighted by molar-refractivity contribution is 5.73. The molecule has 19 heavy (non-hydrogen) atoms. The summed E-state index contributed by atoms with van der Waals surface area (Å²) in [6.07, 6.45) is 0.970. The zero-order chi connectivity index (χ0) is 13.8. The number of rotatable bonds is 2. The fraction of sp³-hybridized carbons (Fsp3) is 0.615. The molecule has 1 amide bonds. The van der Waals surface area contributed by atoms with Crippen LogP contribution >= 0.6 is 0 Å². The number of carbonyl (C=O) groups excluding carboxylic acids is 1. The van der Waals surface area contributed by atoms with Crippen molar-refractivity contribution in [3.8, 4) is 0 Å². The summed E-state index contributed by atoms with van der Waals surface area (Å²) in [5.41, 5.74) is 0. The fourth-order valence-electron chi connectivity index (χ4n) is 2.30. The second kappa shape index (κ2) is 5.86. The summed E-state index contributed by atoms with van der Waals surface area (Å²) in [7, 11) is 1.85. The van der Waals surface area contributed by atoms with E-state index in [1.54, 1.807) is 6.92 Å². The van der Waals surface area contributed by atoms with Crippen molar-refractivity contribution in [1.82, 2.24) is 14.9 Å². The molecule has 6 nitrogen and oxygen atoms in total. The Kier molecular flexibility index (Phi) is 4.19. The summed E-state index contributed by atoms with van der Waals surface area (Å²) < 4.78 is 0. The van der Waals surface area contributed by atoms with Gasteiger partial charge in [0.1, 0.15) is 17.5 Å². The van der Waals surface area contributed by atoms with Crippen LogP contribution in [0.25, 0.3) is 0 Å². The molecule has 1 saturated heterocycles. The van der Waals surface area contributed by atoms with E-state index in [2.05, 4.69) is 20.2 Å². The zero-order valence-electron chi connectivity index (χ0n) is 11.8. The van der Waals surface area contributed by atoms with E-state index >= 15 is 0 Å². The van der Waals surface area contributed by atoms with Crippen LogP contribution in [-0.4, -0.2) is 54.0 Å². The van der Waals surface area contributed by atoms with Gasteiger partial charge in [-0.15, -0.1) is 0 Å². The molecule has 1 aromatic heterocycles. The smallest absolute Gasteiger partial charge is 0.219 e. The van der Waals surface area contributed by atoms with Crippen LogP contribution in [0.5, 0.6) is 0 Å². The number of carbonyl (C=O) groups is 1. The lowest BCUT2D eigenvalue weighted by Crippen LogP contribution is -2.34. The Hall–Kier alpha value is -1.85. The highest BCUT2D eigenvalue weighted by Gasteiger charge is 2.18. The summed E-state index contributed by atoms with van der Waals surface area (Å²) in [6, 6.07) is 1.95. The van der Waals surface area contributed by atoms with Gasteiger partial charge >= 0.3 is 0 Å². The lowest BCUT2D eigenvalue weighted by atomic mass is 10.3. The first-order valence-corrected chi connectivity index (χ1v) is 6.64. The standard InChI is InChI=1S/C13H21N5O/c1-10-15-12(14-3)9-13(16-10)18-6-4-5-17(7-8-18)11(2)19/h9H,4-8H2,1-3H3,(H,14,15,16). The quantitative estimate of drug-likeness (QED) is 0.858. The molecule has 104 valence electrons. The van der Waals surface area contributed by atoms with Gasteiger partial charge in [-0.3, -0.25) is 4.79 Å². The molecule has 0 unspecified atom stereocenters. The monoisotopic (exact) mass is 263 g/mol. The number of nitrogens with one attached hydrogen (secondary N) is 1. The molecule has 2 heterocycles. The number of aromatic nitrogens is 2. The van der Waals surface area contributed by atoms with E-state index in [-0.39, 0.29) is 5.91 Å². The van der Waals surface area contributed by atoms with Crippen molar-refractivity contribution in [1.29, 1.82) is 0 Å². The van der Waals surface area contributed by atoms with E-state index in [1.807, 2.05) is 24.9 Å². The number of hydrogen-bond donors (Lipinski definition) is 1. The van der Waals surface area contributed by atoms with Gasteiger partial charge in [0.05, 0.1) is 0 Å². The summed E-state index contributed by atoms with van der Waals surface area (Å²) in [5, 5.41) is 3.05. The van der Waals surface area contributed by atoms with Crippen LogP contribution in [0.3, 0.4) is 0 Å². The van der Waals surface area contributed by atoms with Gasteiger partial charge in [0.2, 0.25) is 5.91 Å². The Labute approximate surface area is 113 Å². The molecule has 1 N–H and O–H groups in total. The SMILES string of the molecule is CNc1cc(N2CCCN(C(C)=O)CC2)nc(C)n1. The third kappa shape index (κ3) is 3.33. The predicted molar refractivity (Wildman–Crippen MR) is 75.4 cm³/mol. The number of amides is 1. The number of nitrogens with zero attached hydrogens (tertiary/aromatic N) is 4. The number of aryl methyl sites for hydroxylation is 1. The normalized spacial score (nSPS) is 16.2. The van der Waals surface area contributed by atoms with Crippen LogP contribution in [-0.2, 0) is 4.79 Å². The average molecular weight is 263 g/mol. The maximum atomic E-state index is 11.4. The van der Waals surface area contributed by atoms with E-state index in [0.29, 0.717) is 0 Å².